The lowest BCUT2D eigenvalue weighted by Crippen LogP contribution is -2.50. The summed E-state index contributed by atoms with van der Waals surface area (Å²) in [4.78, 5) is 1.56. The van der Waals surface area contributed by atoms with E-state index in [1.54, 1.807) is 4.90 Å². The Morgan fingerprint density at radius 2 is 2.07 bits per heavy atom. The van der Waals surface area contributed by atoms with Crippen molar-refractivity contribution in [1.82, 2.24) is 4.90 Å². The molecule has 0 radical (unpaired) electrons. The third kappa shape index (κ3) is 1.88. The van der Waals surface area contributed by atoms with Crippen molar-refractivity contribution < 1.29 is 17.9 Å². The molecule has 0 aliphatic carbocycles. The molecule has 2 bridgehead atoms. The summed E-state index contributed by atoms with van der Waals surface area (Å²) >= 11 is 0. The van der Waals surface area contributed by atoms with Crippen LogP contribution in [0.25, 0.3) is 0 Å². The summed E-state index contributed by atoms with van der Waals surface area (Å²) in [7, 11) is 0. The zero-order chi connectivity index (χ0) is 10.3. The molecule has 0 aromatic rings. The Morgan fingerprint density at radius 1 is 1.36 bits per heavy atom. The Kier molecular flexibility index (Phi) is 2.47. The maximum absolute atomic E-state index is 12.3. The van der Waals surface area contributed by atoms with E-state index in [-0.39, 0.29) is 12.1 Å². The molecule has 0 aromatic heterocycles. The first-order valence-electron chi connectivity index (χ1n) is 4.87. The first-order valence-corrected chi connectivity index (χ1v) is 4.87. The summed E-state index contributed by atoms with van der Waals surface area (Å²) in [6, 6.07) is -0.0549. The number of rotatable bonds is 1. The van der Waals surface area contributed by atoms with Gasteiger partial charge in [-0.05, 0) is 12.3 Å². The van der Waals surface area contributed by atoms with Crippen molar-refractivity contribution in [3.63, 3.8) is 0 Å². The predicted molar refractivity (Wildman–Crippen MR) is 44.9 cm³/mol. The molecule has 0 N–H and O–H groups in total. The van der Waals surface area contributed by atoms with E-state index in [1.807, 2.05) is 6.92 Å². The third-order valence-electron chi connectivity index (χ3n) is 3.16. The number of morpholine rings is 1. The lowest BCUT2D eigenvalue weighted by Gasteiger charge is -2.35. The van der Waals surface area contributed by atoms with Crippen LogP contribution in [0.4, 0.5) is 13.2 Å². The highest BCUT2D eigenvalue weighted by molar-refractivity contribution is 4.95. The molecule has 2 aliphatic rings. The number of alkyl halides is 3. The summed E-state index contributed by atoms with van der Waals surface area (Å²) < 4.78 is 42.0. The zero-order valence-electron chi connectivity index (χ0n) is 8.05. The molecule has 0 amide bonds. The van der Waals surface area contributed by atoms with Gasteiger partial charge in [-0.2, -0.15) is 13.2 Å². The molecule has 2 rings (SSSR count). The summed E-state index contributed by atoms with van der Waals surface area (Å²) in [6.45, 7) is 2.13. The van der Waals surface area contributed by atoms with Gasteiger partial charge in [0.15, 0.2) is 0 Å². The second kappa shape index (κ2) is 3.38. The van der Waals surface area contributed by atoms with Crippen molar-refractivity contribution in [3.05, 3.63) is 0 Å². The molecule has 3 atom stereocenters. The van der Waals surface area contributed by atoms with Gasteiger partial charge < -0.3 is 4.74 Å². The Balaban J connectivity index is 2.05. The van der Waals surface area contributed by atoms with E-state index in [0.717, 1.165) is 6.42 Å². The molecule has 2 saturated heterocycles. The van der Waals surface area contributed by atoms with Crippen molar-refractivity contribution >= 4 is 0 Å². The van der Waals surface area contributed by atoms with Crippen molar-refractivity contribution in [2.75, 3.05) is 19.8 Å². The summed E-state index contributed by atoms with van der Waals surface area (Å²) in [5, 5.41) is 0. The number of hydrogen-bond donors (Lipinski definition) is 0. The van der Waals surface area contributed by atoms with Gasteiger partial charge in [0, 0.05) is 12.1 Å². The van der Waals surface area contributed by atoms with Crippen LogP contribution in [-0.4, -0.2) is 42.9 Å². The number of ether oxygens (including phenoxy) is 1. The van der Waals surface area contributed by atoms with Gasteiger partial charge in [-0.3, -0.25) is 4.90 Å². The highest BCUT2D eigenvalue weighted by Gasteiger charge is 2.46. The van der Waals surface area contributed by atoms with Gasteiger partial charge >= 0.3 is 6.18 Å². The molecule has 2 fully saturated rings. The maximum Gasteiger partial charge on any atom is 0.401 e. The molecule has 2 nitrogen and oxygen atoms in total. The predicted octanol–water partition coefficient (Wildman–Crippen LogP) is 1.66. The molecule has 82 valence electrons. The Labute approximate surface area is 81.0 Å². The molecule has 0 saturated carbocycles. The van der Waals surface area contributed by atoms with Crippen LogP contribution in [0.5, 0.6) is 0 Å². The molecule has 2 unspecified atom stereocenters. The fraction of sp³-hybridized carbons (Fsp3) is 1.00. The third-order valence-corrected chi connectivity index (χ3v) is 3.16. The quantitative estimate of drug-likeness (QED) is 0.651. The Hall–Kier alpha value is -0.290. The average Bonchev–Trinajstić information content (AvgIpc) is 2.26. The van der Waals surface area contributed by atoms with Crippen molar-refractivity contribution in [2.45, 2.75) is 31.6 Å². The average molecular weight is 209 g/mol. The van der Waals surface area contributed by atoms with Crippen LogP contribution in [0.3, 0.4) is 0 Å². The maximum atomic E-state index is 12.3. The molecule has 14 heavy (non-hydrogen) atoms. The van der Waals surface area contributed by atoms with Gasteiger partial charge in [-0.15, -0.1) is 0 Å². The van der Waals surface area contributed by atoms with E-state index in [2.05, 4.69) is 0 Å². The van der Waals surface area contributed by atoms with Gasteiger partial charge in [0.25, 0.3) is 0 Å². The molecule has 0 spiro atoms. The number of nitrogens with zero attached hydrogens (tertiary/aromatic N) is 1. The van der Waals surface area contributed by atoms with Crippen molar-refractivity contribution in [2.24, 2.45) is 5.92 Å². The molecular formula is C9H14F3NO. The normalized spacial score (nSPS) is 39.0. The van der Waals surface area contributed by atoms with E-state index < -0.39 is 12.7 Å². The van der Waals surface area contributed by atoms with Crippen LogP contribution in [0.2, 0.25) is 0 Å². The monoisotopic (exact) mass is 209 g/mol. The Morgan fingerprint density at radius 3 is 2.64 bits per heavy atom. The first-order chi connectivity index (χ1) is 6.47. The summed E-state index contributed by atoms with van der Waals surface area (Å²) in [5.41, 5.74) is 0. The van der Waals surface area contributed by atoms with Crippen molar-refractivity contribution in [1.29, 1.82) is 0 Å². The summed E-state index contributed by atoms with van der Waals surface area (Å²) in [5.74, 6) is 0.324. The van der Waals surface area contributed by atoms with Gasteiger partial charge in [0.2, 0.25) is 0 Å². The van der Waals surface area contributed by atoms with Gasteiger partial charge in [0.1, 0.15) is 0 Å². The minimum atomic E-state index is -4.09. The number of fused-ring (bicyclic) bond motifs is 2. The van der Waals surface area contributed by atoms with Crippen LogP contribution < -0.4 is 0 Å². The van der Waals surface area contributed by atoms with Gasteiger partial charge in [-0.1, -0.05) is 6.92 Å². The zero-order valence-corrected chi connectivity index (χ0v) is 8.05. The lowest BCUT2D eigenvalue weighted by molar-refractivity contribution is -0.165. The molecule has 0 aromatic carbocycles. The number of halogens is 3. The Bertz CT molecular complexity index is 219. The van der Waals surface area contributed by atoms with E-state index in [9.17, 15) is 13.2 Å². The van der Waals surface area contributed by atoms with Crippen LogP contribution in [0, 0.1) is 5.92 Å². The van der Waals surface area contributed by atoms with E-state index in [1.165, 1.54) is 0 Å². The minimum absolute atomic E-state index is 0.0228. The summed E-state index contributed by atoms with van der Waals surface area (Å²) in [6.07, 6.45) is -3.25. The lowest BCUT2D eigenvalue weighted by atomic mass is 10.0. The van der Waals surface area contributed by atoms with Crippen LogP contribution in [0.15, 0.2) is 0 Å². The SMILES string of the molecule is C[C@@H]1CC2COCC1N2CC(F)(F)F. The van der Waals surface area contributed by atoms with E-state index >= 15 is 0 Å². The topological polar surface area (TPSA) is 12.5 Å². The highest BCUT2D eigenvalue weighted by Crippen LogP contribution is 2.35. The second-order valence-corrected chi connectivity index (χ2v) is 4.26. The molecule has 2 aliphatic heterocycles. The van der Waals surface area contributed by atoms with Crippen LogP contribution in [0.1, 0.15) is 13.3 Å². The largest absolute Gasteiger partial charge is 0.401 e. The minimum Gasteiger partial charge on any atom is -0.378 e. The van der Waals surface area contributed by atoms with E-state index in [0.29, 0.717) is 19.1 Å². The standard InChI is InChI=1S/C9H14F3NO/c1-6-2-7-3-14-4-8(6)13(7)5-9(10,11)12/h6-8H,2-5H2,1H3/t6-,7?,8?/m1/s1. The molecular weight excluding hydrogens is 195 g/mol. The fourth-order valence-corrected chi connectivity index (χ4v) is 2.52. The molecule has 2 heterocycles. The van der Waals surface area contributed by atoms with Crippen molar-refractivity contribution in [3.8, 4) is 0 Å². The smallest absolute Gasteiger partial charge is 0.378 e. The molecule has 5 heteroatoms. The van der Waals surface area contributed by atoms with Crippen LogP contribution in [-0.2, 0) is 4.74 Å². The number of hydrogen-bond acceptors (Lipinski definition) is 2. The van der Waals surface area contributed by atoms with Gasteiger partial charge in [0.05, 0.1) is 19.8 Å². The van der Waals surface area contributed by atoms with Crippen LogP contribution >= 0.6 is 0 Å². The highest BCUT2D eigenvalue weighted by atomic mass is 19.4. The van der Waals surface area contributed by atoms with E-state index in [4.69, 9.17) is 4.74 Å². The fourth-order valence-electron chi connectivity index (χ4n) is 2.52. The second-order valence-electron chi connectivity index (χ2n) is 4.26. The van der Waals surface area contributed by atoms with Gasteiger partial charge in [-0.25, -0.2) is 0 Å². The first kappa shape index (κ1) is 10.2.